The zero-order valence-electron chi connectivity index (χ0n) is 16.2. The molecule has 2 saturated heterocycles. The standard InChI is InChI=1S/C22H29N3O2/c1-2-4-21(26)5-3-10-24-13-18-11-19(14-24)16-25(15-18)22(27)20-8-6-17(12-23)7-9-20/h6-9,18-19H,2-5,10-11,13-16H2,1H3. The maximum atomic E-state index is 12.8. The molecule has 5 heteroatoms. The van der Waals surface area contributed by atoms with Crippen LogP contribution in [0.4, 0.5) is 0 Å². The van der Waals surface area contributed by atoms with Crippen LogP contribution in [0.25, 0.3) is 0 Å². The molecule has 3 rings (SSSR count). The molecular weight excluding hydrogens is 338 g/mol. The fourth-order valence-corrected chi connectivity index (χ4v) is 4.51. The second kappa shape index (κ2) is 9.14. The molecule has 0 spiro atoms. The molecule has 1 amide bonds. The number of carbonyl (C=O) groups excluding carboxylic acids is 2. The number of nitriles is 1. The molecule has 0 aromatic heterocycles. The third-order valence-corrected chi connectivity index (χ3v) is 5.66. The van der Waals surface area contributed by atoms with E-state index in [9.17, 15) is 9.59 Å². The summed E-state index contributed by atoms with van der Waals surface area (Å²) in [5, 5.41) is 8.90. The zero-order valence-corrected chi connectivity index (χ0v) is 16.2. The molecule has 0 saturated carbocycles. The summed E-state index contributed by atoms with van der Waals surface area (Å²) in [6.07, 6.45) is 4.49. The molecule has 0 radical (unpaired) electrons. The maximum absolute atomic E-state index is 12.8. The predicted octanol–water partition coefficient (Wildman–Crippen LogP) is 3.10. The molecule has 2 aliphatic heterocycles. The summed E-state index contributed by atoms with van der Waals surface area (Å²) in [6.45, 7) is 6.70. The second-order valence-electron chi connectivity index (χ2n) is 8.02. The van der Waals surface area contributed by atoms with Crippen molar-refractivity contribution in [3.8, 4) is 6.07 Å². The Morgan fingerprint density at radius 2 is 1.74 bits per heavy atom. The van der Waals surface area contributed by atoms with Crippen molar-refractivity contribution in [2.75, 3.05) is 32.7 Å². The highest BCUT2D eigenvalue weighted by Gasteiger charge is 2.35. The minimum atomic E-state index is 0.0767. The number of nitrogens with zero attached hydrogens (tertiary/aromatic N) is 3. The van der Waals surface area contributed by atoms with E-state index in [2.05, 4.69) is 17.9 Å². The van der Waals surface area contributed by atoms with Crippen LogP contribution in [-0.4, -0.2) is 54.2 Å². The van der Waals surface area contributed by atoms with Gasteiger partial charge >= 0.3 is 0 Å². The molecular formula is C22H29N3O2. The first-order valence-electron chi connectivity index (χ1n) is 10.1. The predicted molar refractivity (Wildman–Crippen MR) is 104 cm³/mol. The van der Waals surface area contributed by atoms with Crippen LogP contribution in [0.15, 0.2) is 24.3 Å². The van der Waals surface area contributed by atoms with Gasteiger partial charge in [0.05, 0.1) is 11.6 Å². The van der Waals surface area contributed by atoms with Crippen LogP contribution >= 0.6 is 0 Å². The summed E-state index contributed by atoms with van der Waals surface area (Å²) < 4.78 is 0. The zero-order chi connectivity index (χ0) is 19.2. The molecule has 2 bridgehead atoms. The van der Waals surface area contributed by atoms with Gasteiger partial charge in [-0.25, -0.2) is 0 Å². The molecule has 2 aliphatic rings. The Hall–Kier alpha value is -2.19. The minimum absolute atomic E-state index is 0.0767. The van der Waals surface area contributed by atoms with Gasteiger partial charge in [0, 0.05) is 44.6 Å². The van der Waals surface area contributed by atoms with Crippen LogP contribution < -0.4 is 0 Å². The van der Waals surface area contributed by atoms with Crippen molar-refractivity contribution < 1.29 is 9.59 Å². The number of Topliss-reactive ketones (excluding diaryl/α,β-unsaturated/α-hetero) is 1. The van der Waals surface area contributed by atoms with Crippen molar-refractivity contribution in [1.82, 2.24) is 9.80 Å². The highest BCUT2D eigenvalue weighted by Crippen LogP contribution is 2.29. The van der Waals surface area contributed by atoms with Gasteiger partial charge in [-0.15, -0.1) is 0 Å². The monoisotopic (exact) mass is 367 g/mol. The van der Waals surface area contributed by atoms with Gasteiger partial charge in [-0.3, -0.25) is 9.59 Å². The fourth-order valence-electron chi connectivity index (χ4n) is 4.51. The van der Waals surface area contributed by atoms with Crippen molar-refractivity contribution in [2.24, 2.45) is 11.8 Å². The van der Waals surface area contributed by atoms with E-state index in [1.807, 2.05) is 4.90 Å². The van der Waals surface area contributed by atoms with E-state index < -0.39 is 0 Å². The van der Waals surface area contributed by atoms with Gasteiger partial charge in [0.1, 0.15) is 5.78 Å². The lowest BCUT2D eigenvalue weighted by atomic mass is 9.84. The fraction of sp³-hybridized carbons (Fsp3) is 0.591. The van der Waals surface area contributed by atoms with Gasteiger partial charge in [0.25, 0.3) is 5.91 Å². The number of rotatable bonds is 7. The molecule has 144 valence electrons. The summed E-state index contributed by atoms with van der Waals surface area (Å²) in [6, 6.07) is 9.01. The molecule has 5 nitrogen and oxygen atoms in total. The van der Waals surface area contributed by atoms with E-state index in [1.165, 1.54) is 6.42 Å². The van der Waals surface area contributed by atoms with Crippen LogP contribution in [-0.2, 0) is 4.79 Å². The summed E-state index contributed by atoms with van der Waals surface area (Å²) in [7, 11) is 0. The Morgan fingerprint density at radius 1 is 1.07 bits per heavy atom. The van der Waals surface area contributed by atoms with Crippen LogP contribution in [0.1, 0.15) is 54.9 Å². The Morgan fingerprint density at radius 3 is 2.33 bits per heavy atom. The molecule has 2 unspecified atom stereocenters. The lowest BCUT2D eigenvalue weighted by molar-refractivity contribution is -0.119. The van der Waals surface area contributed by atoms with E-state index >= 15 is 0 Å². The maximum Gasteiger partial charge on any atom is 0.253 e. The van der Waals surface area contributed by atoms with E-state index in [-0.39, 0.29) is 5.91 Å². The van der Waals surface area contributed by atoms with Crippen molar-refractivity contribution in [3.63, 3.8) is 0 Å². The summed E-state index contributed by atoms with van der Waals surface area (Å²) in [5.74, 6) is 1.50. The average molecular weight is 367 g/mol. The van der Waals surface area contributed by atoms with E-state index in [0.717, 1.165) is 45.6 Å². The average Bonchev–Trinajstić information content (AvgIpc) is 2.67. The summed E-state index contributed by atoms with van der Waals surface area (Å²) in [5.41, 5.74) is 1.25. The Balaban J connectivity index is 1.50. The van der Waals surface area contributed by atoms with Crippen molar-refractivity contribution in [3.05, 3.63) is 35.4 Å². The number of hydrogen-bond acceptors (Lipinski definition) is 4. The Bertz CT molecular complexity index is 693. The van der Waals surface area contributed by atoms with Crippen molar-refractivity contribution in [2.45, 2.75) is 39.0 Å². The topological polar surface area (TPSA) is 64.4 Å². The van der Waals surface area contributed by atoms with Gasteiger partial charge < -0.3 is 9.80 Å². The molecule has 1 aromatic carbocycles. The molecule has 27 heavy (non-hydrogen) atoms. The minimum Gasteiger partial charge on any atom is -0.338 e. The van der Waals surface area contributed by atoms with Gasteiger partial charge in [-0.2, -0.15) is 5.26 Å². The van der Waals surface area contributed by atoms with Crippen LogP contribution in [0.5, 0.6) is 0 Å². The number of ketones is 1. The summed E-state index contributed by atoms with van der Waals surface area (Å²) in [4.78, 5) is 29.0. The van der Waals surface area contributed by atoms with E-state index in [4.69, 9.17) is 5.26 Å². The third-order valence-electron chi connectivity index (χ3n) is 5.66. The third kappa shape index (κ3) is 5.17. The lowest BCUT2D eigenvalue weighted by Gasteiger charge is -2.46. The highest BCUT2D eigenvalue weighted by atomic mass is 16.2. The molecule has 2 atom stereocenters. The molecule has 1 aromatic rings. The Labute approximate surface area is 161 Å². The first kappa shape index (κ1) is 19.6. The van der Waals surface area contributed by atoms with Gasteiger partial charge in [0.15, 0.2) is 0 Å². The van der Waals surface area contributed by atoms with Gasteiger partial charge in [-0.1, -0.05) is 6.92 Å². The normalized spacial score (nSPS) is 22.3. The number of likely N-dealkylation sites (tertiary alicyclic amines) is 2. The first-order valence-corrected chi connectivity index (χ1v) is 10.1. The SMILES string of the molecule is CCCC(=O)CCCN1CC2CC(C1)CN(C(=O)c1ccc(C#N)cc1)C2. The first-order chi connectivity index (χ1) is 13.1. The van der Waals surface area contributed by atoms with Crippen molar-refractivity contribution in [1.29, 1.82) is 5.26 Å². The number of hydrogen-bond donors (Lipinski definition) is 0. The van der Waals surface area contributed by atoms with Crippen molar-refractivity contribution >= 4 is 11.7 Å². The van der Waals surface area contributed by atoms with Gasteiger partial charge in [0.2, 0.25) is 0 Å². The lowest BCUT2D eigenvalue weighted by Crippen LogP contribution is -2.54. The van der Waals surface area contributed by atoms with E-state index in [0.29, 0.717) is 41.6 Å². The quantitative estimate of drug-likeness (QED) is 0.743. The number of carbonyl (C=O) groups is 2. The van der Waals surface area contributed by atoms with Crippen LogP contribution in [0.2, 0.25) is 0 Å². The van der Waals surface area contributed by atoms with Gasteiger partial charge in [-0.05, 0) is 61.9 Å². The Kier molecular flexibility index (Phi) is 6.63. The number of piperidine rings is 2. The summed E-state index contributed by atoms with van der Waals surface area (Å²) >= 11 is 0. The van der Waals surface area contributed by atoms with Crippen LogP contribution in [0.3, 0.4) is 0 Å². The number of fused-ring (bicyclic) bond motifs is 2. The van der Waals surface area contributed by atoms with Crippen LogP contribution in [0, 0.1) is 23.2 Å². The highest BCUT2D eigenvalue weighted by molar-refractivity contribution is 5.94. The molecule has 0 N–H and O–H groups in total. The van der Waals surface area contributed by atoms with E-state index in [1.54, 1.807) is 24.3 Å². The number of amides is 1. The largest absolute Gasteiger partial charge is 0.338 e. The molecule has 2 heterocycles. The smallest absolute Gasteiger partial charge is 0.253 e. The molecule has 0 aliphatic carbocycles. The second-order valence-corrected chi connectivity index (χ2v) is 8.02. The molecule has 2 fully saturated rings. The number of benzene rings is 1.